The molecule has 0 atom stereocenters. The van der Waals surface area contributed by atoms with E-state index in [9.17, 15) is 4.79 Å². The third-order valence-electron chi connectivity index (χ3n) is 3.49. The van der Waals surface area contributed by atoms with Crippen molar-refractivity contribution in [1.29, 1.82) is 0 Å². The zero-order chi connectivity index (χ0) is 14.9. The Morgan fingerprint density at radius 1 is 1.23 bits per heavy atom. The molecule has 5 heteroatoms. The van der Waals surface area contributed by atoms with Crippen LogP contribution < -0.4 is 5.32 Å². The Kier molecular flexibility index (Phi) is 3.36. The SMILES string of the molecule is O=C(/C=C/c1cccs1)Nc1nc2c(s1)Cc1ccccc1-2. The number of hydrogen-bond donors (Lipinski definition) is 1. The van der Waals surface area contributed by atoms with E-state index < -0.39 is 0 Å². The number of rotatable bonds is 3. The summed E-state index contributed by atoms with van der Waals surface area (Å²) in [6.45, 7) is 0. The van der Waals surface area contributed by atoms with Gasteiger partial charge in [0, 0.05) is 27.8 Å². The number of carbonyl (C=O) groups excluding carboxylic acids is 1. The molecular weight excluding hydrogens is 312 g/mol. The normalized spacial score (nSPS) is 12.4. The van der Waals surface area contributed by atoms with Gasteiger partial charge in [-0.15, -0.1) is 22.7 Å². The minimum Gasteiger partial charge on any atom is -0.298 e. The minimum absolute atomic E-state index is 0.144. The molecule has 0 fully saturated rings. The van der Waals surface area contributed by atoms with Crippen LogP contribution in [0.5, 0.6) is 0 Å². The van der Waals surface area contributed by atoms with Crippen molar-refractivity contribution in [1.82, 2.24) is 4.98 Å². The summed E-state index contributed by atoms with van der Waals surface area (Å²) in [7, 11) is 0. The Labute approximate surface area is 136 Å². The molecule has 0 aliphatic heterocycles. The first-order chi connectivity index (χ1) is 10.8. The lowest BCUT2D eigenvalue weighted by Crippen LogP contribution is -2.07. The highest BCUT2D eigenvalue weighted by atomic mass is 32.1. The summed E-state index contributed by atoms with van der Waals surface area (Å²) in [6.07, 6.45) is 4.27. The van der Waals surface area contributed by atoms with Crippen molar-refractivity contribution >= 4 is 39.8 Å². The molecule has 22 heavy (non-hydrogen) atoms. The molecule has 2 aromatic heterocycles. The van der Waals surface area contributed by atoms with E-state index in [0.717, 1.165) is 17.0 Å². The summed E-state index contributed by atoms with van der Waals surface area (Å²) >= 11 is 3.16. The van der Waals surface area contributed by atoms with Crippen LogP contribution in [0.1, 0.15) is 15.3 Å². The smallest absolute Gasteiger partial charge is 0.250 e. The van der Waals surface area contributed by atoms with Gasteiger partial charge in [0.05, 0.1) is 5.69 Å². The quantitative estimate of drug-likeness (QED) is 0.567. The summed E-state index contributed by atoms with van der Waals surface area (Å²) in [6, 6.07) is 12.2. The molecule has 3 aromatic rings. The minimum atomic E-state index is -0.144. The second kappa shape index (κ2) is 5.51. The Hall–Kier alpha value is -2.24. The molecule has 1 aliphatic rings. The Morgan fingerprint density at radius 2 is 2.14 bits per heavy atom. The van der Waals surface area contributed by atoms with E-state index >= 15 is 0 Å². The molecule has 1 amide bonds. The molecule has 3 nitrogen and oxygen atoms in total. The number of aromatic nitrogens is 1. The average Bonchev–Trinajstić information content (AvgIpc) is 3.20. The van der Waals surface area contributed by atoms with E-state index in [4.69, 9.17) is 0 Å². The van der Waals surface area contributed by atoms with Gasteiger partial charge in [-0.05, 0) is 23.1 Å². The number of hydrogen-bond acceptors (Lipinski definition) is 4. The van der Waals surface area contributed by atoms with E-state index in [-0.39, 0.29) is 5.91 Å². The summed E-state index contributed by atoms with van der Waals surface area (Å²) in [5.74, 6) is -0.144. The predicted octanol–water partition coefficient (Wildman–Crippen LogP) is 4.43. The predicted molar refractivity (Wildman–Crippen MR) is 92.3 cm³/mol. The highest BCUT2D eigenvalue weighted by Gasteiger charge is 2.23. The molecule has 108 valence electrons. The fourth-order valence-electron chi connectivity index (χ4n) is 2.50. The maximum absolute atomic E-state index is 12.0. The molecule has 0 unspecified atom stereocenters. The summed E-state index contributed by atoms with van der Waals surface area (Å²) in [5.41, 5.74) is 3.51. The first kappa shape index (κ1) is 13.4. The number of benzene rings is 1. The lowest BCUT2D eigenvalue weighted by Gasteiger charge is -1.99. The number of carbonyl (C=O) groups is 1. The van der Waals surface area contributed by atoms with Gasteiger partial charge >= 0.3 is 0 Å². The summed E-state index contributed by atoms with van der Waals surface area (Å²) in [5, 5.41) is 5.50. The van der Waals surface area contributed by atoms with Gasteiger partial charge in [0.1, 0.15) is 0 Å². The van der Waals surface area contributed by atoms with E-state index in [1.807, 2.05) is 35.7 Å². The van der Waals surface area contributed by atoms with Crippen molar-refractivity contribution < 1.29 is 4.79 Å². The van der Waals surface area contributed by atoms with E-state index in [1.165, 1.54) is 16.0 Å². The zero-order valence-electron chi connectivity index (χ0n) is 11.6. The lowest BCUT2D eigenvalue weighted by atomic mass is 10.1. The van der Waals surface area contributed by atoms with Crippen molar-refractivity contribution in [3.63, 3.8) is 0 Å². The van der Waals surface area contributed by atoms with Crippen LogP contribution in [0.25, 0.3) is 17.3 Å². The van der Waals surface area contributed by atoms with Gasteiger partial charge in [0.2, 0.25) is 5.91 Å². The molecule has 1 aromatic carbocycles. The Bertz CT molecular complexity index is 863. The average molecular weight is 324 g/mol. The lowest BCUT2D eigenvalue weighted by molar-refractivity contribution is -0.111. The fourth-order valence-corrected chi connectivity index (χ4v) is 4.12. The monoisotopic (exact) mass is 324 g/mol. The number of anilines is 1. The van der Waals surface area contributed by atoms with Gasteiger partial charge in [0.15, 0.2) is 5.13 Å². The molecule has 1 aliphatic carbocycles. The highest BCUT2D eigenvalue weighted by molar-refractivity contribution is 7.16. The van der Waals surface area contributed by atoms with Crippen LogP contribution in [-0.4, -0.2) is 10.9 Å². The number of nitrogens with zero attached hydrogens (tertiary/aromatic N) is 1. The fraction of sp³-hybridized carbons (Fsp3) is 0.0588. The van der Waals surface area contributed by atoms with Crippen LogP contribution in [0.3, 0.4) is 0 Å². The van der Waals surface area contributed by atoms with Gasteiger partial charge in [-0.3, -0.25) is 10.1 Å². The maximum atomic E-state index is 12.0. The van der Waals surface area contributed by atoms with Crippen LogP contribution in [0.15, 0.2) is 47.9 Å². The number of fused-ring (bicyclic) bond motifs is 3. The van der Waals surface area contributed by atoms with Gasteiger partial charge in [0.25, 0.3) is 0 Å². The first-order valence-corrected chi connectivity index (χ1v) is 8.60. The van der Waals surface area contributed by atoms with Gasteiger partial charge in [-0.25, -0.2) is 4.98 Å². The topological polar surface area (TPSA) is 42.0 Å². The maximum Gasteiger partial charge on any atom is 0.250 e. The number of thiophene rings is 1. The number of nitrogens with one attached hydrogen (secondary N) is 1. The van der Waals surface area contributed by atoms with Crippen LogP contribution in [0.4, 0.5) is 5.13 Å². The van der Waals surface area contributed by atoms with Crippen LogP contribution in [0.2, 0.25) is 0 Å². The highest BCUT2D eigenvalue weighted by Crippen LogP contribution is 2.40. The van der Waals surface area contributed by atoms with Gasteiger partial charge in [-0.1, -0.05) is 30.3 Å². The Morgan fingerprint density at radius 3 is 3.00 bits per heavy atom. The molecule has 0 radical (unpaired) electrons. The van der Waals surface area contributed by atoms with Crippen molar-refractivity contribution in [2.24, 2.45) is 0 Å². The third kappa shape index (κ3) is 2.49. The van der Waals surface area contributed by atoms with Crippen molar-refractivity contribution in [3.8, 4) is 11.3 Å². The third-order valence-corrected chi connectivity index (χ3v) is 5.30. The van der Waals surface area contributed by atoms with Gasteiger partial charge < -0.3 is 0 Å². The summed E-state index contributed by atoms with van der Waals surface area (Å²) in [4.78, 5) is 18.8. The van der Waals surface area contributed by atoms with Crippen LogP contribution >= 0.6 is 22.7 Å². The number of amides is 1. The largest absolute Gasteiger partial charge is 0.298 e. The van der Waals surface area contributed by atoms with E-state index in [0.29, 0.717) is 5.13 Å². The number of thiazole rings is 1. The van der Waals surface area contributed by atoms with E-state index in [1.54, 1.807) is 28.7 Å². The van der Waals surface area contributed by atoms with E-state index in [2.05, 4.69) is 22.4 Å². The molecular formula is C17H12N2OS2. The van der Waals surface area contributed by atoms with Crippen molar-refractivity contribution in [2.75, 3.05) is 5.32 Å². The molecule has 1 N–H and O–H groups in total. The second-order valence-electron chi connectivity index (χ2n) is 4.96. The molecule has 0 bridgehead atoms. The standard InChI is InChI=1S/C17H12N2OS2/c20-15(8-7-12-5-3-9-21-12)18-17-19-16-13-6-2-1-4-11(13)10-14(16)22-17/h1-9H,10H2,(H,18,19,20)/b8-7+. The molecule has 0 saturated carbocycles. The van der Waals surface area contributed by atoms with Crippen molar-refractivity contribution in [3.05, 3.63) is 63.2 Å². The van der Waals surface area contributed by atoms with Crippen LogP contribution in [-0.2, 0) is 11.2 Å². The molecule has 0 saturated heterocycles. The van der Waals surface area contributed by atoms with Gasteiger partial charge in [-0.2, -0.15) is 0 Å². The zero-order valence-corrected chi connectivity index (χ0v) is 13.2. The Balaban J connectivity index is 1.51. The molecule has 0 spiro atoms. The van der Waals surface area contributed by atoms with Crippen molar-refractivity contribution in [2.45, 2.75) is 6.42 Å². The molecule has 2 heterocycles. The molecule has 4 rings (SSSR count). The van der Waals surface area contributed by atoms with Crippen LogP contribution in [0, 0.1) is 0 Å². The first-order valence-electron chi connectivity index (χ1n) is 6.90. The summed E-state index contributed by atoms with van der Waals surface area (Å²) < 4.78 is 0. The second-order valence-corrected chi connectivity index (χ2v) is 7.03.